The molecule has 41 heavy (non-hydrogen) atoms. The molecule has 5 aromatic rings. The number of hydrogen-bond acceptors (Lipinski definition) is 6. The van der Waals surface area contributed by atoms with Crippen molar-refractivity contribution in [1.29, 1.82) is 0 Å². The first-order valence-electron chi connectivity index (χ1n) is 13.0. The van der Waals surface area contributed by atoms with Crippen molar-refractivity contribution in [2.45, 2.75) is 18.7 Å². The number of benzene rings is 2. The van der Waals surface area contributed by atoms with E-state index >= 15 is 0 Å². The molecule has 0 spiro atoms. The van der Waals surface area contributed by atoms with E-state index in [0.717, 1.165) is 38.5 Å². The normalized spacial score (nSPS) is 14.9. The highest BCUT2D eigenvalue weighted by Crippen LogP contribution is 2.49. The molecule has 1 atom stereocenters. The number of amides is 2. The Hall–Kier alpha value is -3.92. The van der Waals surface area contributed by atoms with E-state index in [1.807, 2.05) is 79.0 Å². The number of thiophene rings is 1. The summed E-state index contributed by atoms with van der Waals surface area (Å²) in [4.78, 5) is 33.8. The van der Waals surface area contributed by atoms with Crippen LogP contribution in [0.3, 0.4) is 0 Å². The summed E-state index contributed by atoms with van der Waals surface area (Å²) in [7, 11) is 0. The van der Waals surface area contributed by atoms with E-state index < -0.39 is 0 Å². The van der Waals surface area contributed by atoms with Crippen LogP contribution in [-0.2, 0) is 16.1 Å². The fourth-order valence-electron chi connectivity index (χ4n) is 4.77. The van der Waals surface area contributed by atoms with E-state index in [4.69, 9.17) is 16.7 Å². The highest BCUT2D eigenvalue weighted by Gasteiger charge is 2.38. The number of aryl methyl sites for hydroxylation is 1. The second-order valence-electron chi connectivity index (χ2n) is 9.66. The predicted octanol–water partition coefficient (Wildman–Crippen LogP) is 6.44. The number of anilines is 1. The number of halogens is 1. The average molecular weight is 600 g/mol. The monoisotopic (exact) mass is 599 g/mol. The van der Waals surface area contributed by atoms with Gasteiger partial charge in [-0.1, -0.05) is 47.5 Å². The first-order valence-corrected chi connectivity index (χ1v) is 15.4. The smallest absolute Gasteiger partial charge is 0.240 e. The summed E-state index contributed by atoms with van der Waals surface area (Å²) in [5, 5.41) is 10.6. The van der Waals surface area contributed by atoms with Gasteiger partial charge in [0.05, 0.1) is 22.4 Å². The molecule has 1 aliphatic rings. The quantitative estimate of drug-likeness (QED) is 0.233. The summed E-state index contributed by atoms with van der Waals surface area (Å²) in [5.74, 6) is 0.421. The molecular weight excluding hydrogens is 574 g/mol. The molecule has 3 aromatic heterocycles. The Labute approximate surface area is 251 Å². The van der Waals surface area contributed by atoms with Crippen LogP contribution in [0.4, 0.5) is 5.82 Å². The average Bonchev–Trinajstić information content (AvgIpc) is 3.63. The molecule has 0 radical (unpaired) electrons. The zero-order valence-corrected chi connectivity index (χ0v) is 24.5. The summed E-state index contributed by atoms with van der Waals surface area (Å²) in [6.45, 7) is 2.24. The lowest BCUT2D eigenvalue weighted by molar-refractivity contribution is -0.123. The molecule has 7 nitrogen and oxygen atoms in total. The van der Waals surface area contributed by atoms with Gasteiger partial charge in [0.15, 0.2) is 0 Å². The highest BCUT2D eigenvalue weighted by molar-refractivity contribution is 8.00. The predicted molar refractivity (Wildman–Crippen MR) is 166 cm³/mol. The maximum atomic E-state index is 13.8. The van der Waals surface area contributed by atoms with Crippen LogP contribution in [0.1, 0.15) is 26.8 Å². The molecule has 4 heterocycles. The number of rotatable bonds is 7. The number of hydrogen-bond donors (Lipinski definition) is 1. The van der Waals surface area contributed by atoms with Crippen LogP contribution < -0.4 is 10.2 Å². The molecule has 2 amide bonds. The van der Waals surface area contributed by atoms with Crippen LogP contribution in [0.5, 0.6) is 0 Å². The van der Waals surface area contributed by atoms with Gasteiger partial charge in [-0.2, -0.15) is 5.10 Å². The summed E-state index contributed by atoms with van der Waals surface area (Å²) in [6.07, 6.45) is 3.37. The van der Waals surface area contributed by atoms with Crippen molar-refractivity contribution in [1.82, 2.24) is 20.1 Å². The molecule has 10 heteroatoms. The number of fused-ring (bicyclic) bond motifs is 1. The van der Waals surface area contributed by atoms with Gasteiger partial charge in [0.25, 0.3) is 0 Å². The van der Waals surface area contributed by atoms with Crippen LogP contribution >= 0.6 is 34.7 Å². The SMILES string of the molecule is Cc1ccc(-n2nc(-c3ccc(Cl)cc3)c3c2N(CC(=O)NCc2ccncc2)C(=O)CS[C@H]3c2cccs2)cc1. The fraction of sp³-hybridized carbons (Fsp3) is 0.161. The lowest BCUT2D eigenvalue weighted by Crippen LogP contribution is -2.42. The van der Waals surface area contributed by atoms with E-state index in [-0.39, 0.29) is 29.4 Å². The Morgan fingerprint density at radius 3 is 2.51 bits per heavy atom. The van der Waals surface area contributed by atoms with E-state index in [1.54, 1.807) is 45.1 Å². The van der Waals surface area contributed by atoms with Gasteiger partial charge < -0.3 is 5.32 Å². The van der Waals surface area contributed by atoms with Crippen molar-refractivity contribution in [3.63, 3.8) is 0 Å². The first kappa shape index (κ1) is 27.3. The summed E-state index contributed by atoms with van der Waals surface area (Å²) in [5.41, 5.74) is 5.38. The van der Waals surface area contributed by atoms with Crippen LogP contribution in [0, 0.1) is 6.92 Å². The fourth-order valence-corrected chi connectivity index (χ4v) is 7.07. The van der Waals surface area contributed by atoms with Crippen molar-refractivity contribution < 1.29 is 9.59 Å². The molecule has 1 N–H and O–H groups in total. The zero-order valence-electron chi connectivity index (χ0n) is 22.2. The third-order valence-electron chi connectivity index (χ3n) is 6.83. The van der Waals surface area contributed by atoms with Crippen molar-refractivity contribution in [2.24, 2.45) is 0 Å². The Morgan fingerprint density at radius 1 is 1.05 bits per heavy atom. The highest BCUT2D eigenvalue weighted by atomic mass is 35.5. The molecule has 2 aromatic carbocycles. The van der Waals surface area contributed by atoms with Crippen molar-refractivity contribution in [3.05, 3.63) is 117 Å². The zero-order chi connectivity index (χ0) is 28.3. The molecule has 1 aliphatic heterocycles. The van der Waals surface area contributed by atoms with Crippen molar-refractivity contribution in [2.75, 3.05) is 17.2 Å². The number of nitrogens with zero attached hydrogens (tertiary/aromatic N) is 4. The van der Waals surface area contributed by atoms with E-state index in [2.05, 4.69) is 16.4 Å². The van der Waals surface area contributed by atoms with Crippen LogP contribution in [0.2, 0.25) is 5.02 Å². The lowest BCUT2D eigenvalue weighted by atomic mass is 10.0. The molecule has 206 valence electrons. The topological polar surface area (TPSA) is 80.1 Å². The molecule has 0 fully saturated rings. The third-order valence-corrected chi connectivity index (χ3v) is 9.40. The van der Waals surface area contributed by atoms with Gasteiger partial charge in [0, 0.05) is 40.0 Å². The second-order valence-corrected chi connectivity index (χ2v) is 12.2. The minimum atomic E-state index is -0.259. The Kier molecular flexibility index (Phi) is 7.91. The van der Waals surface area contributed by atoms with E-state index in [0.29, 0.717) is 17.4 Å². The Morgan fingerprint density at radius 2 is 1.80 bits per heavy atom. The van der Waals surface area contributed by atoms with Crippen LogP contribution in [-0.4, -0.2) is 38.9 Å². The first-order chi connectivity index (χ1) is 20.0. The maximum absolute atomic E-state index is 13.8. The van der Waals surface area contributed by atoms with E-state index in [9.17, 15) is 9.59 Å². The number of carbonyl (C=O) groups is 2. The van der Waals surface area contributed by atoms with Crippen molar-refractivity contribution >= 4 is 52.3 Å². The molecule has 0 unspecified atom stereocenters. The number of pyridine rings is 1. The maximum Gasteiger partial charge on any atom is 0.240 e. The number of thioether (sulfide) groups is 1. The molecule has 0 saturated heterocycles. The minimum Gasteiger partial charge on any atom is -0.350 e. The number of nitrogens with one attached hydrogen (secondary N) is 1. The van der Waals surface area contributed by atoms with Gasteiger partial charge in [-0.25, -0.2) is 4.68 Å². The van der Waals surface area contributed by atoms with Gasteiger partial charge in [0.2, 0.25) is 11.8 Å². The standard InChI is InChI=1S/C31H26ClN5O2S2/c1-20-4-10-24(11-5-20)37-31-28(29(35-37)22-6-8-23(32)9-7-22)30(25-3-2-16-40-25)41-19-27(39)36(31)18-26(38)34-17-21-12-14-33-15-13-21/h2-16,30H,17-19H2,1H3,(H,34,38)/t30-/m0/s1. The van der Waals surface area contributed by atoms with E-state index in [1.165, 1.54) is 0 Å². The van der Waals surface area contributed by atoms with Crippen LogP contribution in [0.15, 0.2) is 90.6 Å². The Bertz CT molecular complexity index is 1670. The van der Waals surface area contributed by atoms with Gasteiger partial charge in [-0.05, 0) is 60.3 Å². The van der Waals surface area contributed by atoms with Crippen LogP contribution in [0.25, 0.3) is 16.9 Å². The molecule has 0 aliphatic carbocycles. The van der Waals surface area contributed by atoms with Gasteiger partial charge >= 0.3 is 0 Å². The molecular formula is C31H26ClN5O2S2. The lowest BCUT2D eigenvalue weighted by Gasteiger charge is -2.23. The van der Waals surface area contributed by atoms with Gasteiger partial charge in [0.1, 0.15) is 12.4 Å². The summed E-state index contributed by atoms with van der Waals surface area (Å²) < 4.78 is 1.80. The third kappa shape index (κ3) is 5.79. The Balaban J connectivity index is 1.50. The molecule has 6 rings (SSSR count). The molecule has 0 saturated carbocycles. The van der Waals surface area contributed by atoms with Gasteiger partial charge in [-0.15, -0.1) is 23.1 Å². The summed E-state index contributed by atoms with van der Waals surface area (Å²) in [6, 6.07) is 23.4. The largest absolute Gasteiger partial charge is 0.350 e. The van der Waals surface area contributed by atoms with Gasteiger partial charge in [-0.3, -0.25) is 19.5 Å². The minimum absolute atomic E-state index is 0.133. The molecule has 0 bridgehead atoms. The number of aromatic nitrogens is 3. The second kappa shape index (κ2) is 11.9. The number of carbonyl (C=O) groups excluding carboxylic acids is 2. The summed E-state index contributed by atoms with van der Waals surface area (Å²) >= 11 is 9.44. The van der Waals surface area contributed by atoms with Crippen molar-refractivity contribution in [3.8, 4) is 16.9 Å².